The molecule has 3 aromatic rings. The standard InChI is InChI=1S/C27H30F6N4O2/c1-36(2)10-11-37(3)25(39)35-23(14-18-16-34-22-7-5-4-6-21(18)22)24(38)9-8-17-12-19(26(28,29)30)15-20(13-17)27(31,32)33/h4-7,12-13,15-16,23,34H,8-11,14H2,1-3H3,(H,35,39). The van der Waals surface area contributed by atoms with E-state index in [1.54, 1.807) is 13.2 Å². The minimum absolute atomic E-state index is 0.0505. The summed E-state index contributed by atoms with van der Waals surface area (Å²) in [6, 6.07) is 7.04. The van der Waals surface area contributed by atoms with E-state index >= 15 is 0 Å². The number of carbonyl (C=O) groups is 2. The fraction of sp³-hybridized carbons (Fsp3) is 0.407. The number of alkyl halides is 6. The number of hydrogen-bond acceptors (Lipinski definition) is 3. The third kappa shape index (κ3) is 8.22. The lowest BCUT2D eigenvalue weighted by atomic mass is 9.96. The Balaban J connectivity index is 1.83. The number of halogens is 6. The number of rotatable bonds is 10. The molecular formula is C27H30F6N4O2. The number of carbonyl (C=O) groups excluding carboxylic acids is 2. The van der Waals surface area contributed by atoms with E-state index in [1.807, 2.05) is 43.3 Å². The minimum Gasteiger partial charge on any atom is -0.361 e. The quantitative estimate of drug-likeness (QED) is 0.323. The van der Waals surface area contributed by atoms with Crippen molar-refractivity contribution in [3.05, 3.63) is 70.9 Å². The van der Waals surface area contributed by atoms with Gasteiger partial charge in [-0.1, -0.05) is 18.2 Å². The van der Waals surface area contributed by atoms with Crippen LogP contribution in [-0.4, -0.2) is 66.9 Å². The number of Topliss-reactive ketones (excluding diaryl/α,β-unsaturated/α-hetero) is 1. The van der Waals surface area contributed by atoms with Crippen LogP contribution in [0.4, 0.5) is 31.1 Å². The van der Waals surface area contributed by atoms with E-state index in [1.165, 1.54) is 4.90 Å². The van der Waals surface area contributed by atoms with Gasteiger partial charge in [0.25, 0.3) is 0 Å². The number of fused-ring (bicyclic) bond motifs is 1. The van der Waals surface area contributed by atoms with E-state index in [0.717, 1.165) is 16.5 Å². The molecule has 2 aromatic carbocycles. The Morgan fingerprint density at radius 1 is 0.923 bits per heavy atom. The molecule has 0 bridgehead atoms. The maximum atomic E-state index is 13.3. The molecule has 0 fully saturated rings. The van der Waals surface area contributed by atoms with Crippen molar-refractivity contribution in [3.63, 3.8) is 0 Å². The number of likely N-dealkylation sites (N-methyl/N-ethyl adjacent to an activating group) is 2. The van der Waals surface area contributed by atoms with Gasteiger partial charge in [-0.2, -0.15) is 26.3 Å². The molecule has 0 saturated carbocycles. The first-order valence-electron chi connectivity index (χ1n) is 12.2. The Hall–Kier alpha value is -3.54. The Morgan fingerprint density at radius 2 is 1.54 bits per heavy atom. The van der Waals surface area contributed by atoms with Gasteiger partial charge in [0.1, 0.15) is 0 Å². The third-order valence-corrected chi connectivity index (χ3v) is 6.32. The molecule has 6 nitrogen and oxygen atoms in total. The van der Waals surface area contributed by atoms with Gasteiger partial charge in [0.2, 0.25) is 0 Å². The van der Waals surface area contributed by atoms with Crippen molar-refractivity contribution < 1.29 is 35.9 Å². The normalized spacial score (nSPS) is 13.1. The van der Waals surface area contributed by atoms with Crippen LogP contribution in [0.15, 0.2) is 48.7 Å². The summed E-state index contributed by atoms with van der Waals surface area (Å²) < 4.78 is 79.5. The fourth-order valence-electron chi connectivity index (χ4n) is 4.08. The molecular weight excluding hydrogens is 526 g/mol. The molecule has 2 N–H and O–H groups in total. The molecule has 212 valence electrons. The number of para-hydroxylation sites is 1. The van der Waals surface area contributed by atoms with Crippen LogP contribution in [0, 0.1) is 0 Å². The molecule has 0 saturated heterocycles. The fourth-order valence-corrected chi connectivity index (χ4v) is 4.08. The molecule has 1 atom stereocenters. The highest BCUT2D eigenvalue weighted by atomic mass is 19.4. The summed E-state index contributed by atoms with van der Waals surface area (Å²) in [5.74, 6) is -0.513. The summed E-state index contributed by atoms with van der Waals surface area (Å²) >= 11 is 0. The summed E-state index contributed by atoms with van der Waals surface area (Å²) in [6.45, 7) is 0.944. The van der Waals surface area contributed by atoms with Gasteiger partial charge in [0, 0.05) is 50.1 Å². The highest BCUT2D eigenvalue weighted by Crippen LogP contribution is 2.36. The number of ketones is 1. The average molecular weight is 557 g/mol. The van der Waals surface area contributed by atoms with Crippen molar-refractivity contribution in [3.8, 4) is 0 Å². The molecule has 1 heterocycles. The second-order valence-corrected chi connectivity index (χ2v) is 9.67. The molecule has 1 unspecified atom stereocenters. The molecule has 0 spiro atoms. The highest BCUT2D eigenvalue weighted by Gasteiger charge is 2.37. The Kier molecular flexibility index (Phi) is 9.31. The zero-order chi connectivity index (χ0) is 29.0. The van der Waals surface area contributed by atoms with E-state index < -0.39 is 41.3 Å². The van der Waals surface area contributed by atoms with Crippen LogP contribution in [0.5, 0.6) is 0 Å². The Morgan fingerprint density at radius 3 is 2.13 bits per heavy atom. The van der Waals surface area contributed by atoms with Crippen LogP contribution >= 0.6 is 0 Å². The summed E-state index contributed by atoms with van der Waals surface area (Å²) in [7, 11) is 5.24. The second-order valence-electron chi connectivity index (χ2n) is 9.67. The Labute approximate surface area is 222 Å². The van der Waals surface area contributed by atoms with Crippen LogP contribution in [0.2, 0.25) is 0 Å². The van der Waals surface area contributed by atoms with Crippen molar-refractivity contribution >= 4 is 22.7 Å². The first-order valence-corrected chi connectivity index (χ1v) is 12.2. The highest BCUT2D eigenvalue weighted by molar-refractivity contribution is 5.90. The maximum Gasteiger partial charge on any atom is 0.416 e. The number of nitrogens with one attached hydrogen (secondary N) is 2. The van der Waals surface area contributed by atoms with Crippen LogP contribution in [0.3, 0.4) is 0 Å². The summed E-state index contributed by atoms with van der Waals surface area (Å²) in [6.07, 6.45) is -8.90. The number of H-pyrrole nitrogens is 1. The number of amides is 2. The van der Waals surface area contributed by atoms with E-state index in [-0.39, 0.29) is 30.9 Å². The van der Waals surface area contributed by atoms with Crippen molar-refractivity contribution in [2.45, 2.75) is 37.7 Å². The topological polar surface area (TPSA) is 68.4 Å². The zero-order valence-electron chi connectivity index (χ0n) is 21.7. The molecule has 2 amide bonds. The summed E-state index contributed by atoms with van der Waals surface area (Å²) in [5, 5.41) is 3.53. The van der Waals surface area contributed by atoms with Crippen LogP contribution < -0.4 is 5.32 Å². The Bertz CT molecular complexity index is 1270. The molecule has 0 aliphatic heterocycles. The number of hydrogen-bond donors (Lipinski definition) is 2. The number of aromatic amines is 1. The van der Waals surface area contributed by atoms with Crippen molar-refractivity contribution in [2.75, 3.05) is 34.2 Å². The third-order valence-electron chi connectivity index (χ3n) is 6.32. The molecule has 0 aliphatic carbocycles. The summed E-state index contributed by atoms with van der Waals surface area (Å²) in [4.78, 5) is 32.5. The smallest absolute Gasteiger partial charge is 0.361 e. The zero-order valence-corrected chi connectivity index (χ0v) is 21.7. The van der Waals surface area contributed by atoms with Gasteiger partial charge in [-0.15, -0.1) is 0 Å². The average Bonchev–Trinajstić information content (AvgIpc) is 3.26. The second kappa shape index (κ2) is 12.1. The minimum atomic E-state index is -4.98. The number of aryl methyl sites for hydroxylation is 1. The van der Waals surface area contributed by atoms with Crippen LogP contribution in [0.1, 0.15) is 28.7 Å². The predicted molar refractivity (Wildman–Crippen MR) is 135 cm³/mol. The molecule has 3 rings (SSSR count). The molecule has 39 heavy (non-hydrogen) atoms. The van der Waals surface area contributed by atoms with Crippen molar-refractivity contribution in [2.24, 2.45) is 0 Å². The van der Waals surface area contributed by atoms with Gasteiger partial charge >= 0.3 is 18.4 Å². The maximum absolute atomic E-state index is 13.3. The predicted octanol–water partition coefficient (Wildman–Crippen LogP) is 5.52. The van der Waals surface area contributed by atoms with Gasteiger partial charge in [-0.05, 0) is 55.9 Å². The molecule has 1 aromatic heterocycles. The van der Waals surface area contributed by atoms with E-state index in [2.05, 4.69) is 10.3 Å². The lowest BCUT2D eigenvalue weighted by Crippen LogP contribution is -2.49. The van der Waals surface area contributed by atoms with Gasteiger partial charge in [-0.25, -0.2) is 4.79 Å². The van der Waals surface area contributed by atoms with Crippen LogP contribution in [-0.2, 0) is 30.0 Å². The first kappa shape index (κ1) is 30.0. The monoisotopic (exact) mass is 556 g/mol. The van der Waals surface area contributed by atoms with Crippen LogP contribution in [0.25, 0.3) is 10.9 Å². The van der Waals surface area contributed by atoms with E-state index in [9.17, 15) is 35.9 Å². The number of nitrogens with zero attached hydrogens (tertiary/aromatic N) is 2. The first-order chi connectivity index (χ1) is 18.1. The largest absolute Gasteiger partial charge is 0.416 e. The van der Waals surface area contributed by atoms with E-state index in [0.29, 0.717) is 25.2 Å². The molecule has 0 aliphatic rings. The van der Waals surface area contributed by atoms with Crippen molar-refractivity contribution in [1.82, 2.24) is 20.1 Å². The lowest BCUT2D eigenvalue weighted by Gasteiger charge is -2.24. The van der Waals surface area contributed by atoms with Gasteiger partial charge < -0.3 is 20.1 Å². The van der Waals surface area contributed by atoms with Crippen molar-refractivity contribution in [1.29, 1.82) is 0 Å². The lowest BCUT2D eigenvalue weighted by molar-refractivity contribution is -0.143. The van der Waals surface area contributed by atoms with Gasteiger partial charge in [-0.3, -0.25) is 4.79 Å². The van der Waals surface area contributed by atoms with E-state index in [4.69, 9.17) is 0 Å². The number of benzene rings is 2. The number of aromatic nitrogens is 1. The van der Waals surface area contributed by atoms with Gasteiger partial charge in [0.15, 0.2) is 5.78 Å². The molecule has 0 radical (unpaired) electrons. The molecule has 12 heteroatoms. The number of urea groups is 1. The SMILES string of the molecule is CN(C)CCN(C)C(=O)NC(Cc1c[nH]c2ccccc12)C(=O)CCc1cc(C(F)(F)F)cc(C(F)(F)F)c1. The summed E-state index contributed by atoms with van der Waals surface area (Å²) in [5.41, 5.74) is -1.60. The van der Waals surface area contributed by atoms with Gasteiger partial charge in [0.05, 0.1) is 17.2 Å².